The Morgan fingerprint density at radius 1 is 0.841 bits per heavy atom. The number of aryl methyl sites for hydroxylation is 4. The van der Waals surface area contributed by atoms with Gasteiger partial charge >= 0.3 is 11.9 Å². The van der Waals surface area contributed by atoms with Gasteiger partial charge in [-0.05, 0) is 105 Å². The number of fused-ring (bicyclic) bond motifs is 1. The van der Waals surface area contributed by atoms with Gasteiger partial charge < -0.3 is 24.3 Å². The molecule has 0 aliphatic heterocycles. The van der Waals surface area contributed by atoms with Crippen molar-refractivity contribution in [2.75, 3.05) is 13.2 Å². The molecule has 0 amide bonds. The molecule has 0 spiro atoms. The zero-order valence-electron chi connectivity index (χ0n) is 25.8. The fourth-order valence-electron chi connectivity index (χ4n) is 5.69. The molecular weight excluding hydrogens is 561 g/mol. The molecule has 2 N–H and O–H groups in total. The lowest BCUT2D eigenvalue weighted by molar-refractivity contribution is -0.138. The second kappa shape index (κ2) is 14.7. The molecule has 44 heavy (non-hydrogen) atoms. The Kier molecular flexibility index (Phi) is 10.8. The van der Waals surface area contributed by atoms with Gasteiger partial charge in [0.25, 0.3) is 0 Å². The van der Waals surface area contributed by atoms with Crippen LogP contribution in [0.5, 0.6) is 11.5 Å². The van der Waals surface area contributed by atoms with Crippen LogP contribution in [0.3, 0.4) is 0 Å². The molecule has 0 aliphatic rings. The maximum absolute atomic E-state index is 15.1. The van der Waals surface area contributed by atoms with Gasteiger partial charge in [-0.25, -0.2) is 4.39 Å². The molecule has 0 saturated carbocycles. The monoisotopic (exact) mass is 601 g/mol. The normalized spacial score (nSPS) is 11.4. The average molecular weight is 602 g/mol. The zero-order valence-corrected chi connectivity index (χ0v) is 25.8. The Morgan fingerprint density at radius 3 is 2.14 bits per heavy atom. The smallest absolute Gasteiger partial charge is 0.323 e. The summed E-state index contributed by atoms with van der Waals surface area (Å²) in [6.07, 6.45) is 6.09. The number of ether oxygens (including phenoxy) is 2. The Bertz CT molecular complexity index is 1650. The van der Waals surface area contributed by atoms with Crippen molar-refractivity contribution in [1.29, 1.82) is 0 Å². The van der Waals surface area contributed by atoms with Crippen molar-refractivity contribution in [3.63, 3.8) is 0 Å². The first-order valence-corrected chi connectivity index (χ1v) is 14.9. The van der Waals surface area contributed by atoms with E-state index < -0.39 is 17.8 Å². The van der Waals surface area contributed by atoms with Gasteiger partial charge in [-0.15, -0.1) is 0 Å². The fourth-order valence-corrected chi connectivity index (χ4v) is 5.69. The van der Waals surface area contributed by atoms with Crippen molar-refractivity contribution >= 4 is 35.0 Å². The highest BCUT2D eigenvalue weighted by Gasteiger charge is 2.21. The molecule has 0 unspecified atom stereocenters. The number of hydrogen-bond acceptors (Lipinski definition) is 4. The van der Waals surface area contributed by atoms with Crippen LogP contribution in [-0.2, 0) is 22.6 Å². The number of benzene rings is 3. The van der Waals surface area contributed by atoms with Crippen molar-refractivity contribution in [3.05, 3.63) is 93.4 Å². The number of carbonyl (C=O) groups is 2. The summed E-state index contributed by atoms with van der Waals surface area (Å²) in [4.78, 5) is 22.7. The Labute approximate surface area is 257 Å². The quantitative estimate of drug-likeness (QED) is 0.106. The van der Waals surface area contributed by atoms with Crippen LogP contribution in [0.4, 0.5) is 4.39 Å². The predicted octanol–water partition coefficient (Wildman–Crippen LogP) is 7.91. The van der Waals surface area contributed by atoms with E-state index in [-0.39, 0.29) is 13.0 Å². The number of hydrogen-bond donors (Lipinski definition) is 2. The average Bonchev–Trinajstić information content (AvgIpc) is 3.23. The Balaban J connectivity index is 1.40. The largest absolute Gasteiger partial charge is 0.494 e. The molecular formula is C36H40FNO6. The molecule has 3 aromatic carbocycles. The highest BCUT2D eigenvalue weighted by molar-refractivity contribution is 5.95. The van der Waals surface area contributed by atoms with Crippen LogP contribution in [0, 0.1) is 33.5 Å². The number of carboxylic acid groups (broad SMARTS) is 2. The minimum atomic E-state index is -1.04. The molecule has 0 radical (unpaired) electrons. The number of aromatic nitrogens is 1. The van der Waals surface area contributed by atoms with Crippen LogP contribution in [0.15, 0.2) is 48.5 Å². The van der Waals surface area contributed by atoms with Crippen molar-refractivity contribution in [2.24, 2.45) is 0 Å². The molecule has 232 valence electrons. The lowest BCUT2D eigenvalue weighted by Gasteiger charge is -2.13. The van der Waals surface area contributed by atoms with E-state index in [0.29, 0.717) is 53.8 Å². The summed E-state index contributed by atoms with van der Waals surface area (Å²) in [6, 6.07) is 14.9. The molecule has 0 saturated heterocycles. The lowest BCUT2D eigenvalue weighted by Crippen LogP contribution is -2.10. The van der Waals surface area contributed by atoms with Crippen LogP contribution in [-0.4, -0.2) is 39.9 Å². The van der Waals surface area contributed by atoms with Gasteiger partial charge in [-0.3, -0.25) is 9.59 Å². The van der Waals surface area contributed by atoms with Crippen LogP contribution in [0.25, 0.3) is 23.1 Å². The number of nitrogens with zero attached hydrogens (tertiary/aromatic N) is 1. The molecule has 0 bridgehead atoms. The molecule has 4 rings (SSSR count). The summed E-state index contributed by atoms with van der Waals surface area (Å²) in [6.45, 7) is 8.86. The van der Waals surface area contributed by atoms with E-state index in [0.717, 1.165) is 41.0 Å². The maximum Gasteiger partial charge on any atom is 0.323 e. The first-order valence-electron chi connectivity index (χ1n) is 14.9. The van der Waals surface area contributed by atoms with E-state index in [2.05, 4.69) is 32.9 Å². The maximum atomic E-state index is 15.1. The van der Waals surface area contributed by atoms with E-state index in [4.69, 9.17) is 14.6 Å². The number of carboxylic acids is 2. The van der Waals surface area contributed by atoms with E-state index in [9.17, 15) is 14.7 Å². The summed E-state index contributed by atoms with van der Waals surface area (Å²) in [5, 5.41) is 18.9. The van der Waals surface area contributed by atoms with Crippen molar-refractivity contribution in [1.82, 2.24) is 4.57 Å². The number of rotatable bonds is 15. The third kappa shape index (κ3) is 8.07. The third-order valence-electron chi connectivity index (χ3n) is 7.68. The second-order valence-electron chi connectivity index (χ2n) is 11.2. The summed E-state index contributed by atoms with van der Waals surface area (Å²) in [5.41, 5.74) is 6.87. The second-order valence-corrected chi connectivity index (χ2v) is 11.2. The van der Waals surface area contributed by atoms with Gasteiger partial charge in [-0.1, -0.05) is 42.0 Å². The Morgan fingerprint density at radius 2 is 1.50 bits per heavy atom. The van der Waals surface area contributed by atoms with Crippen LogP contribution in [0.2, 0.25) is 0 Å². The first-order chi connectivity index (χ1) is 21.0. The molecule has 0 aliphatic carbocycles. The molecule has 1 aromatic heterocycles. The van der Waals surface area contributed by atoms with Gasteiger partial charge in [-0.2, -0.15) is 0 Å². The van der Waals surface area contributed by atoms with E-state index in [1.807, 2.05) is 36.4 Å². The number of unbranched alkanes of at least 4 members (excludes halogenated alkanes) is 1. The number of halogens is 1. The van der Waals surface area contributed by atoms with E-state index >= 15 is 4.39 Å². The summed E-state index contributed by atoms with van der Waals surface area (Å²) in [7, 11) is 0. The van der Waals surface area contributed by atoms with Gasteiger partial charge in [0.1, 0.15) is 23.9 Å². The third-order valence-corrected chi connectivity index (χ3v) is 7.68. The standard InChI is InChI=1S/C36H40FNO6/c1-23-20-24(2)36(25(3)21-23)44-19-6-5-18-43-29-15-11-27(12-16-29)10-13-28-14-17-31(37)34-30(8-7-9-32(39)40)26(4)38(35(28)34)22-33(41)42/h10-17,20-21H,5-9,18-19,22H2,1-4H3,(H,39,40)(H,41,42). The van der Waals surface area contributed by atoms with Gasteiger partial charge in [0.05, 0.1) is 18.7 Å². The highest BCUT2D eigenvalue weighted by atomic mass is 19.1. The minimum Gasteiger partial charge on any atom is -0.494 e. The molecule has 8 heteroatoms. The number of aliphatic carboxylic acids is 2. The Hall–Kier alpha value is -4.59. The fraction of sp³-hybridized carbons (Fsp3) is 0.333. The molecule has 0 atom stereocenters. The topological polar surface area (TPSA) is 98.0 Å². The summed E-state index contributed by atoms with van der Waals surface area (Å²) < 4.78 is 28.6. The molecule has 7 nitrogen and oxygen atoms in total. The SMILES string of the molecule is Cc1cc(C)c(OCCCCOc2ccc(C=Cc3ccc(F)c4c(CCCC(=O)O)c(C)n(CC(=O)O)c34)cc2)c(C)c1. The minimum absolute atomic E-state index is 0.0478. The lowest BCUT2D eigenvalue weighted by atomic mass is 10.0. The van der Waals surface area contributed by atoms with Crippen LogP contribution >= 0.6 is 0 Å². The molecule has 4 aromatic rings. The molecule has 1 heterocycles. The highest BCUT2D eigenvalue weighted by Crippen LogP contribution is 2.33. The summed E-state index contributed by atoms with van der Waals surface area (Å²) in [5.74, 6) is -0.701. The van der Waals surface area contributed by atoms with Gasteiger partial charge in [0.15, 0.2) is 0 Å². The predicted molar refractivity (Wildman–Crippen MR) is 171 cm³/mol. The van der Waals surface area contributed by atoms with Gasteiger partial charge in [0.2, 0.25) is 0 Å². The van der Waals surface area contributed by atoms with E-state index in [1.54, 1.807) is 17.6 Å². The van der Waals surface area contributed by atoms with Crippen molar-refractivity contribution in [2.45, 2.75) is 66.3 Å². The van der Waals surface area contributed by atoms with Gasteiger partial charge in [0, 0.05) is 17.5 Å². The van der Waals surface area contributed by atoms with Crippen molar-refractivity contribution < 1.29 is 33.7 Å². The molecule has 0 fully saturated rings. The van der Waals surface area contributed by atoms with E-state index in [1.165, 1.54) is 11.6 Å². The zero-order chi connectivity index (χ0) is 31.8. The summed E-state index contributed by atoms with van der Waals surface area (Å²) >= 11 is 0. The van der Waals surface area contributed by atoms with Crippen LogP contribution < -0.4 is 9.47 Å². The van der Waals surface area contributed by atoms with Crippen molar-refractivity contribution in [3.8, 4) is 11.5 Å². The first kappa shape index (κ1) is 32.3. The van der Waals surface area contributed by atoms with Crippen LogP contribution in [0.1, 0.15) is 64.8 Å².